The molecule has 0 radical (unpaired) electrons. The molecule has 0 amide bonds. The highest BCUT2D eigenvalue weighted by Gasteiger charge is 2.15. The van der Waals surface area contributed by atoms with Crippen molar-refractivity contribution in [3.05, 3.63) is 33.9 Å². The minimum Gasteiger partial charge on any atom is -0.479 e. The molecule has 1 aromatic carbocycles. The van der Waals surface area contributed by atoms with Crippen LogP contribution in [-0.4, -0.2) is 22.6 Å². The van der Waals surface area contributed by atoms with Crippen LogP contribution in [0.25, 0.3) is 0 Å². The fourth-order valence-electron chi connectivity index (χ4n) is 1.23. The number of nitrogens with two attached hydrogens (primary N) is 1. The summed E-state index contributed by atoms with van der Waals surface area (Å²) in [4.78, 5) is 10.3. The van der Waals surface area contributed by atoms with Gasteiger partial charge in [-0.2, -0.15) is 0 Å². The van der Waals surface area contributed by atoms with Crippen LogP contribution in [0.2, 0.25) is 0 Å². The Labute approximate surface area is 97.6 Å². The third-order valence-electron chi connectivity index (χ3n) is 2.13. The first kappa shape index (κ1) is 12.8. The Morgan fingerprint density at radius 3 is 2.88 bits per heavy atom. The van der Waals surface area contributed by atoms with E-state index >= 15 is 0 Å². The third-order valence-corrected chi connectivity index (χ3v) is 2.13. The number of rotatable bonds is 5. The van der Waals surface area contributed by atoms with Crippen molar-refractivity contribution in [2.45, 2.75) is 13.3 Å². The maximum Gasteiger partial charge on any atom is 0.311 e. The highest BCUT2D eigenvalue weighted by Crippen LogP contribution is 2.28. The van der Waals surface area contributed by atoms with Crippen LogP contribution in [0.3, 0.4) is 0 Å². The normalized spacial score (nSPS) is 11.2. The number of benzene rings is 1. The number of nitro groups is 1. The monoisotopic (exact) mass is 239 g/mol. The number of hydrogen-bond donors (Lipinski definition) is 2. The molecule has 0 aliphatic rings. The zero-order valence-electron chi connectivity index (χ0n) is 9.29. The third kappa shape index (κ3) is 3.33. The van der Waals surface area contributed by atoms with Gasteiger partial charge in [-0.15, -0.1) is 0 Å². The second-order valence-corrected chi connectivity index (χ2v) is 3.29. The number of nitrogens with zero attached hydrogens (tertiary/aromatic N) is 2. The van der Waals surface area contributed by atoms with Gasteiger partial charge in [-0.25, -0.2) is 0 Å². The molecule has 7 heteroatoms. The first-order valence-electron chi connectivity index (χ1n) is 4.95. The van der Waals surface area contributed by atoms with Crippen molar-refractivity contribution in [3.63, 3.8) is 0 Å². The minimum atomic E-state index is -0.527. The zero-order chi connectivity index (χ0) is 12.8. The van der Waals surface area contributed by atoms with Crippen LogP contribution in [0, 0.1) is 10.1 Å². The standard InChI is InChI=1S/C10H13N3O4/c1-2-7-3-4-9(8(5-7)13(15)16)17-6-10(11)12-14/h3-5,14H,2,6H2,1H3,(H2,11,12). The second kappa shape index (κ2) is 5.69. The molecular weight excluding hydrogens is 226 g/mol. The van der Waals surface area contributed by atoms with E-state index in [1.165, 1.54) is 12.1 Å². The summed E-state index contributed by atoms with van der Waals surface area (Å²) in [6.45, 7) is 1.69. The maximum atomic E-state index is 10.8. The molecule has 0 aliphatic heterocycles. The highest BCUT2D eigenvalue weighted by atomic mass is 16.6. The SMILES string of the molecule is CCc1ccc(OCC(N)=NO)c([N+](=O)[O-])c1. The van der Waals surface area contributed by atoms with Gasteiger partial charge in [0.15, 0.2) is 11.6 Å². The van der Waals surface area contributed by atoms with Gasteiger partial charge in [-0.1, -0.05) is 18.1 Å². The summed E-state index contributed by atoms with van der Waals surface area (Å²) in [5.41, 5.74) is 5.92. The summed E-state index contributed by atoms with van der Waals surface area (Å²) < 4.78 is 5.09. The Balaban J connectivity index is 2.94. The lowest BCUT2D eigenvalue weighted by Gasteiger charge is -2.06. The quantitative estimate of drug-likeness (QED) is 0.264. The van der Waals surface area contributed by atoms with E-state index in [9.17, 15) is 10.1 Å². The van der Waals surface area contributed by atoms with E-state index in [0.717, 1.165) is 5.56 Å². The number of nitro benzene ring substituents is 1. The molecule has 0 aliphatic carbocycles. The lowest BCUT2D eigenvalue weighted by molar-refractivity contribution is -0.385. The first-order chi connectivity index (χ1) is 8.08. The molecule has 0 bridgehead atoms. The number of hydrogen-bond acceptors (Lipinski definition) is 5. The van der Waals surface area contributed by atoms with Crippen molar-refractivity contribution < 1.29 is 14.9 Å². The van der Waals surface area contributed by atoms with Gasteiger partial charge in [0, 0.05) is 6.07 Å². The Kier molecular flexibility index (Phi) is 4.27. The van der Waals surface area contributed by atoms with Crippen LogP contribution < -0.4 is 10.5 Å². The molecule has 7 nitrogen and oxygen atoms in total. The maximum absolute atomic E-state index is 10.8. The van der Waals surface area contributed by atoms with E-state index in [1.54, 1.807) is 6.07 Å². The molecule has 92 valence electrons. The largest absolute Gasteiger partial charge is 0.479 e. The van der Waals surface area contributed by atoms with E-state index in [-0.39, 0.29) is 23.9 Å². The van der Waals surface area contributed by atoms with Crippen LogP contribution in [0.1, 0.15) is 12.5 Å². The average molecular weight is 239 g/mol. The Bertz CT molecular complexity index is 445. The minimum absolute atomic E-state index is 0.0961. The molecule has 0 unspecified atom stereocenters. The number of aryl methyl sites for hydroxylation is 1. The van der Waals surface area contributed by atoms with Crippen molar-refractivity contribution in [1.29, 1.82) is 0 Å². The summed E-state index contributed by atoms with van der Waals surface area (Å²) in [6.07, 6.45) is 0.696. The highest BCUT2D eigenvalue weighted by molar-refractivity contribution is 5.81. The lowest BCUT2D eigenvalue weighted by atomic mass is 10.1. The molecule has 3 N–H and O–H groups in total. The van der Waals surface area contributed by atoms with Gasteiger partial charge >= 0.3 is 5.69 Å². The number of oxime groups is 1. The number of amidine groups is 1. The van der Waals surface area contributed by atoms with E-state index in [0.29, 0.717) is 6.42 Å². The molecule has 0 spiro atoms. The Hall–Kier alpha value is -2.31. The molecule has 0 atom stereocenters. The molecule has 1 aromatic rings. The molecule has 0 saturated carbocycles. The topological polar surface area (TPSA) is 111 Å². The smallest absolute Gasteiger partial charge is 0.311 e. The summed E-state index contributed by atoms with van der Waals surface area (Å²) in [5, 5.41) is 21.9. The summed E-state index contributed by atoms with van der Waals surface area (Å²) in [6, 6.07) is 4.68. The molecule has 17 heavy (non-hydrogen) atoms. The Morgan fingerprint density at radius 1 is 1.65 bits per heavy atom. The van der Waals surface area contributed by atoms with Gasteiger partial charge in [0.05, 0.1) is 4.92 Å². The van der Waals surface area contributed by atoms with Gasteiger partial charge in [0.1, 0.15) is 6.61 Å². The fourth-order valence-corrected chi connectivity index (χ4v) is 1.23. The van der Waals surface area contributed by atoms with Crippen molar-refractivity contribution in [2.24, 2.45) is 10.9 Å². The van der Waals surface area contributed by atoms with Crippen LogP contribution in [-0.2, 0) is 6.42 Å². The average Bonchev–Trinajstić information content (AvgIpc) is 2.35. The second-order valence-electron chi connectivity index (χ2n) is 3.29. The van der Waals surface area contributed by atoms with E-state index in [1.807, 2.05) is 6.92 Å². The molecule has 0 fully saturated rings. The lowest BCUT2D eigenvalue weighted by Crippen LogP contribution is -2.21. The molecular formula is C10H13N3O4. The van der Waals surface area contributed by atoms with Gasteiger partial charge in [0.2, 0.25) is 0 Å². The van der Waals surface area contributed by atoms with Crippen molar-refractivity contribution in [3.8, 4) is 5.75 Å². The predicted octanol–water partition coefficient (Wildman–Crippen LogP) is 1.28. The predicted molar refractivity (Wildman–Crippen MR) is 61.4 cm³/mol. The summed E-state index contributed by atoms with van der Waals surface area (Å²) in [5.74, 6) is -0.0577. The van der Waals surface area contributed by atoms with Gasteiger partial charge in [-0.05, 0) is 18.1 Å². The van der Waals surface area contributed by atoms with Crippen LogP contribution in [0.4, 0.5) is 5.69 Å². The molecule has 0 aromatic heterocycles. The van der Waals surface area contributed by atoms with Crippen LogP contribution in [0.15, 0.2) is 23.4 Å². The van der Waals surface area contributed by atoms with Crippen molar-refractivity contribution in [2.75, 3.05) is 6.61 Å². The number of ether oxygens (including phenoxy) is 1. The molecule has 0 saturated heterocycles. The van der Waals surface area contributed by atoms with Crippen LogP contribution in [0.5, 0.6) is 5.75 Å². The van der Waals surface area contributed by atoms with Gasteiger partial charge < -0.3 is 15.7 Å². The van der Waals surface area contributed by atoms with E-state index in [4.69, 9.17) is 15.7 Å². The summed E-state index contributed by atoms with van der Waals surface area (Å²) in [7, 11) is 0. The van der Waals surface area contributed by atoms with Crippen molar-refractivity contribution >= 4 is 11.5 Å². The van der Waals surface area contributed by atoms with Gasteiger partial charge in [-0.3, -0.25) is 10.1 Å². The zero-order valence-corrected chi connectivity index (χ0v) is 9.29. The van der Waals surface area contributed by atoms with Gasteiger partial charge in [0.25, 0.3) is 0 Å². The fraction of sp³-hybridized carbons (Fsp3) is 0.300. The molecule has 0 heterocycles. The van der Waals surface area contributed by atoms with E-state index < -0.39 is 4.92 Å². The van der Waals surface area contributed by atoms with Crippen LogP contribution >= 0.6 is 0 Å². The first-order valence-corrected chi connectivity index (χ1v) is 4.95. The van der Waals surface area contributed by atoms with Crippen molar-refractivity contribution in [1.82, 2.24) is 0 Å². The molecule has 1 rings (SSSR count). The summed E-state index contributed by atoms with van der Waals surface area (Å²) >= 11 is 0. The van der Waals surface area contributed by atoms with E-state index in [2.05, 4.69) is 5.16 Å². The Morgan fingerprint density at radius 2 is 2.35 bits per heavy atom.